The van der Waals surface area contributed by atoms with E-state index in [0.29, 0.717) is 16.7 Å². The first-order valence-electron chi connectivity index (χ1n) is 9.27. The van der Waals surface area contributed by atoms with E-state index in [1.807, 2.05) is 6.07 Å². The monoisotopic (exact) mass is 408 g/mol. The topological polar surface area (TPSA) is 72.6 Å². The Kier molecular flexibility index (Phi) is 4.95. The van der Waals surface area contributed by atoms with E-state index in [1.54, 1.807) is 24.3 Å². The van der Waals surface area contributed by atoms with Crippen molar-refractivity contribution in [3.63, 3.8) is 0 Å². The van der Waals surface area contributed by atoms with Gasteiger partial charge in [-0.1, -0.05) is 54.6 Å². The van der Waals surface area contributed by atoms with Crippen LogP contribution in [0.2, 0.25) is 0 Å². The second kappa shape index (κ2) is 7.59. The Morgan fingerprint density at radius 3 is 1.87 bits per heavy atom. The maximum atomic E-state index is 13.7. The Morgan fingerprint density at radius 2 is 1.40 bits per heavy atom. The Balaban J connectivity index is 2.00. The maximum Gasteiger partial charge on any atom is 0.412 e. The number of nitrogens with zero attached hydrogens (tertiary/aromatic N) is 1. The molecule has 0 bridgehead atoms. The molecule has 30 heavy (non-hydrogen) atoms. The highest BCUT2D eigenvalue weighted by Gasteiger charge is 2.57. The second-order valence-electron chi connectivity index (χ2n) is 7.02. The van der Waals surface area contributed by atoms with E-state index >= 15 is 0 Å². The van der Waals surface area contributed by atoms with Crippen molar-refractivity contribution in [2.45, 2.75) is 11.6 Å². The molecule has 5 nitrogen and oxygen atoms in total. The molecule has 1 atom stereocenters. The number of hydrogen-bond acceptors (Lipinski definition) is 3. The van der Waals surface area contributed by atoms with Crippen LogP contribution in [0.25, 0.3) is 0 Å². The fraction of sp³-hybridized carbons (Fsp3) is 0.130. The lowest BCUT2D eigenvalue weighted by Gasteiger charge is -2.36. The third-order valence-electron chi connectivity index (χ3n) is 5.17. The van der Waals surface area contributed by atoms with Crippen molar-refractivity contribution < 1.29 is 23.1 Å². The standard InChI is InChI=1S/C23H18F2N2O3/c24-18-10-6-16(7-11-18)23(17-8-12-19(25)13-9-17)21(15-4-2-1-3-5-15)27(14-20(26)28)22(29)30-23/h1-13,21H,14H2,(H2,26,28)/t21-/m0/s1. The molecular formula is C23H18F2N2O3. The zero-order chi connectivity index (χ0) is 21.3. The highest BCUT2D eigenvalue weighted by atomic mass is 19.1. The lowest BCUT2D eigenvalue weighted by Crippen LogP contribution is -2.41. The van der Waals surface area contributed by atoms with Crippen LogP contribution in [-0.4, -0.2) is 23.4 Å². The Bertz CT molecular complexity index is 1020. The van der Waals surface area contributed by atoms with Gasteiger partial charge in [-0.25, -0.2) is 13.6 Å². The Hall–Kier alpha value is -3.74. The van der Waals surface area contributed by atoms with Gasteiger partial charge in [-0.2, -0.15) is 0 Å². The van der Waals surface area contributed by atoms with E-state index in [2.05, 4.69) is 0 Å². The normalized spacial score (nSPS) is 17.6. The lowest BCUT2D eigenvalue weighted by atomic mass is 9.77. The number of nitrogens with two attached hydrogens (primary N) is 1. The Labute approximate surface area is 171 Å². The van der Waals surface area contributed by atoms with Crippen molar-refractivity contribution in [3.05, 3.63) is 107 Å². The number of primary amides is 1. The number of carbonyl (C=O) groups is 2. The highest BCUT2D eigenvalue weighted by molar-refractivity contribution is 5.83. The van der Waals surface area contributed by atoms with Crippen LogP contribution < -0.4 is 5.73 Å². The summed E-state index contributed by atoms with van der Waals surface area (Å²) in [6.45, 7) is -0.372. The average Bonchev–Trinajstić information content (AvgIpc) is 3.02. The molecule has 7 heteroatoms. The summed E-state index contributed by atoms with van der Waals surface area (Å²) < 4.78 is 33.3. The number of ether oxygens (including phenoxy) is 1. The third-order valence-corrected chi connectivity index (χ3v) is 5.17. The van der Waals surface area contributed by atoms with Gasteiger partial charge in [-0.3, -0.25) is 9.69 Å². The van der Waals surface area contributed by atoms with E-state index in [-0.39, 0.29) is 6.54 Å². The van der Waals surface area contributed by atoms with Gasteiger partial charge in [0.05, 0.1) is 0 Å². The second-order valence-corrected chi connectivity index (χ2v) is 7.02. The van der Waals surface area contributed by atoms with Crippen molar-refractivity contribution in [3.8, 4) is 0 Å². The van der Waals surface area contributed by atoms with Crippen LogP contribution >= 0.6 is 0 Å². The number of rotatable bonds is 5. The molecule has 0 radical (unpaired) electrons. The van der Waals surface area contributed by atoms with Crippen molar-refractivity contribution in [2.24, 2.45) is 5.73 Å². The van der Waals surface area contributed by atoms with Gasteiger partial charge in [0.15, 0.2) is 5.60 Å². The first-order chi connectivity index (χ1) is 14.4. The summed E-state index contributed by atoms with van der Waals surface area (Å²) in [5, 5.41) is 0. The predicted molar refractivity (Wildman–Crippen MR) is 105 cm³/mol. The average molecular weight is 408 g/mol. The van der Waals surface area contributed by atoms with Crippen molar-refractivity contribution in [1.29, 1.82) is 0 Å². The highest BCUT2D eigenvalue weighted by Crippen LogP contribution is 2.52. The summed E-state index contributed by atoms with van der Waals surface area (Å²) in [5.41, 5.74) is 5.58. The summed E-state index contributed by atoms with van der Waals surface area (Å²) in [6.07, 6.45) is -0.753. The first kappa shape index (κ1) is 19.6. The largest absolute Gasteiger partial charge is 0.430 e. The minimum absolute atomic E-state index is 0.372. The van der Waals surface area contributed by atoms with Crippen LogP contribution in [0, 0.1) is 11.6 Å². The SMILES string of the molecule is NC(=O)CN1C(=O)OC(c2ccc(F)cc2)(c2ccc(F)cc2)[C@@H]1c1ccccc1. The van der Waals surface area contributed by atoms with Gasteiger partial charge < -0.3 is 10.5 Å². The maximum absolute atomic E-state index is 13.7. The molecule has 3 aromatic carbocycles. The van der Waals surface area contributed by atoms with Crippen molar-refractivity contribution in [2.75, 3.05) is 6.54 Å². The molecule has 0 aliphatic carbocycles. The van der Waals surface area contributed by atoms with Gasteiger partial charge >= 0.3 is 6.09 Å². The van der Waals surface area contributed by atoms with Crippen LogP contribution in [0.4, 0.5) is 13.6 Å². The van der Waals surface area contributed by atoms with Gasteiger partial charge in [0.25, 0.3) is 0 Å². The fourth-order valence-corrected chi connectivity index (χ4v) is 3.95. The minimum Gasteiger partial charge on any atom is -0.430 e. The smallest absolute Gasteiger partial charge is 0.412 e. The Morgan fingerprint density at radius 1 is 0.900 bits per heavy atom. The van der Waals surface area contributed by atoms with Gasteiger partial charge in [0.1, 0.15) is 24.2 Å². The summed E-state index contributed by atoms with van der Waals surface area (Å²) >= 11 is 0. The third kappa shape index (κ3) is 3.28. The molecule has 1 fully saturated rings. The molecule has 0 unspecified atom stereocenters. The molecule has 152 valence electrons. The molecule has 0 aromatic heterocycles. The van der Waals surface area contributed by atoms with E-state index in [0.717, 1.165) is 0 Å². The molecular weight excluding hydrogens is 390 g/mol. The molecule has 2 amide bonds. The molecule has 1 saturated heterocycles. The summed E-state index contributed by atoms with van der Waals surface area (Å²) in [7, 11) is 0. The molecule has 3 aromatic rings. The number of halogens is 2. The van der Waals surface area contributed by atoms with Crippen LogP contribution in [-0.2, 0) is 15.1 Å². The van der Waals surface area contributed by atoms with E-state index in [9.17, 15) is 18.4 Å². The number of benzene rings is 3. The van der Waals surface area contributed by atoms with Crippen LogP contribution in [0.1, 0.15) is 22.7 Å². The zero-order valence-corrected chi connectivity index (χ0v) is 15.8. The molecule has 4 rings (SSSR count). The summed E-state index contributed by atoms with van der Waals surface area (Å²) in [6, 6.07) is 19.3. The van der Waals surface area contributed by atoms with Gasteiger partial charge in [-0.15, -0.1) is 0 Å². The van der Waals surface area contributed by atoms with Crippen LogP contribution in [0.5, 0.6) is 0 Å². The summed E-state index contributed by atoms with van der Waals surface area (Å²) in [5.74, 6) is -1.62. The van der Waals surface area contributed by atoms with E-state index < -0.39 is 35.3 Å². The van der Waals surface area contributed by atoms with Crippen LogP contribution in [0.15, 0.2) is 78.9 Å². The minimum atomic E-state index is -1.45. The van der Waals surface area contributed by atoms with Gasteiger partial charge in [0, 0.05) is 11.1 Å². The van der Waals surface area contributed by atoms with Crippen LogP contribution in [0.3, 0.4) is 0 Å². The number of cyclic esters (lactones) is 1. The van der Waals surface area contributed by atoms with E-state index in [1.165, 1.54) is 53.4 Å². The molecule has 2 N–H and O–H groups in total. The molecule has 0 spiro atoms. The molecule has 1 aliphatic rings. The van der Waals surface area contributed by atoms with Crippen molar-refractivity contribution in [1.82, 2.24) is 4.90 Å². The first-order valence-corrected chi connectivity index (χ1v) is 9.27. The molecule has 0 saturated carbocycles. The van der Waals surface area contributed by atoms with Gasteiger partial charge in [-0.05, 0) is 29.8 Å². The predicted octanol–water partition coefficient (Wildman–Crippen LogP) is 3.89. The van der Waals surface area contributed by atoms with Crippen molar-refractivity contribution >= 4 is 12.0 Å². The number of carbonyl (C=O) groups excluding carboxylic acids is 2. The zero-order valence-electron chi connectivity index (χ0n) is 15.8. The summed E-state index contributed by atoms with van der Waals surface area (Å²) in [4.78, 5) is 25.9. The number of hydrogen-bond donors (Lipinski definition) is 1. The fourth-order valence-electron chi connectivity index (χ4n) is 3.95. The van der Waals surface area contributed by atoms with E-state index in [4.69, 9.17) is 10.5 Å². The molecule has 1 heterocycles. The lowest BCUT2D eigenvalue weighted by molar-refractivity contribution is -0.118. The molecule has 1 aliphatic heterocycles. The van der Waals surface area contributed by atoms with Gasteiger partial charge in [0.2, 0.25) is 5.91 Å². The quantitative estimate of drug-likeness (QED) is 0.696. The number of amides is 2.